The highest BCUT2D eigenvalue weighted by Gasteiger charge is 2.20. The first kappa shape index (κ1) is 16.3. The first-order valence-corrected chi connectivity index (χ1v) is 8.19. The quantitative estimate of drug-likeness (QED) is 0.606. The summed E-state index contributed by atoms with van der Waals surface area (Å²) in [4.78, 5) is 0. The molecular weight excluding hydrogens is 338 g/mol. The van der Waals surface area contributed by atoms with Crippen molar-refractivity contribution in [3.63, 3.8) is 0 Å². The summed E-state index contributed by atoms with van der Waals surface area (Å²) in [5, 5.41) is 20.0. The number of aromatic nitrogens is 6. The summed E-state index contributed by atoms with van der Waals surface area (Å²) >= 11 is 0. The van der Waals surface area contributed by atoms with E-state index >= 15 is 0 Å². The van der Waals surface area contributed by atoms with E-state index in [1.54, 1.807) is 16.6 Å². The Morgan fingerprint density at radius 3 is 2.62 bits per heavy atom. The Morgan fingerprint density at radius 1 is 1.08 bits per heavy atom. The van der Waals surface area contributed by atoms with Gasteiger partial charge in [-0.1, -0.05) is 13.8 Å². The minimum atomic E-state index is -0.675. The van der Waals surface area contributed by atoms with Crippen molar-refractivity contribution in [2.45, 2.75) is 26.7 Å². The molecule has 0 unspecified atom stereocenters. The highest BCUT2D eigenvalue weighted by Crippen LogP contribution is 2.33. The summed E-state index contributed by atoms with van der Waals surface area (Å²) in [6.45, 7) is 5.84. The number of nitrogens with zero attached hydrogens (tertiary/aromatic N) is 5. The number of halogens is 2. The predicted octanol–water partition coefficient (Wildman–Crippen LogP) is 3.89. The monoisotopic (exact) mass is 354 g/mol. The van der Waals surface area contributed by atoms with E-state index in [-0.39, 0.29) is 11.5 Å². The second-order valence-electron chi connectivity index (χ2n) is 6.40. The van der Waals surface area contributed by atoms with Gasteiger partial charge in [-0.15, -0.1) is 10.2 Å². The standard InChI is InChI=1S/C18H16F2N6/c1-9(2)18-24-22-15-7-6-14(25-26(15)18)16-10(3)21-23-17(16)12-5-4-11(19)8-13(12)20/h4-9H,1-3H3,(H,21,23). The number of H-pyrrole nitrogens is 1. The number of fused-ring (bicyclic) bond motifs is 1. The van der Waals surface area contributed by atoms with Crippen molar-refractivity contribution in [3.8, 4) is 22.5 Å². The van der Waals surface area contributed by atoms with Gasteiger partial charge in [0.15, 0.2) is 11.5 Å². The zero-order valence-electron chi connectivity index (χ0n) is 14.5. The third-order valence-corrected chi connectivity index (χ3v) is 4.19. The van der Waals surface area contributed by atoms with Gasteiger partial charge in [0, 0.05) is 23.2 Å². The van der Waals surface area contributed by atoms with Crippen LogP contribution in [-0.2, 0) is 0 Å². The molecule has 0 fully saturated rings. The molecule has 8 heteroatoms. The first-order chi connectivity index (χ1) is 12.5. The fraction of sp³-hybridized carbons (Fsp3) is 0.222. The highest BCUT2D eigenvalue weighted by atomic mass is 19.1. The molecule has 4 aromatic rings. The Bertz CT molecular complexity index is 1110. The van der Waals surface area contributed by atoms with Crippen LogP contribution in [0.1, 0.15) is 31.3 Å². The van der Waals surface area contributed by atoms with E-state index in [1.807, 2.05) is 20.8 Å². The number of hydrogen-bond acceptors (Lipinski definition) is 4. The molecule has 0 amide bonds. The van der Waals surface area contributed by atoms with Crippen LogP contribution in [-0.4, -0.2) is 30.0 Å². The van der Waals surface area contributed by atoms with Crippen molar-refractivity contribution < 1.29 is 8.78 Å². The molecule has 3 heterocycles. The molecule has 132 valence electrons. The fourth-order valence-electron chi connectivity index (χ4n) is 2.92. The van der Waals surface area contributed by atoms with Gasteiger partial charge in [0.05, 0.1) is 11.3 Å². The van der Waals surface area contributed by atoms with Crippen molar-refractivity contribution in [2.24, 2.45) is 0 Å². The molecule has 26 heavy (non-hydrogen) atoms. The molecule has 0 atom stereocenters. The van der Waals surface area contributed by atoms with Gasteiger partial charge in [-0.05, 0) is 31.2 Å². The van der Waals surface area contributed by atoms with Crippen molar-refractivity contribution >= 4 is 5.65 Å². The van der Waals surface area contributed by atoms with Gasteiger partial charge >= 0.3 is 0 Å². The molecular formula is C18H16F2N6. The molecule has 4 rings (SSSR count). The molecule has 0 aliphatic heterocycles. The third kappa shape index (κ3) is 2.54. The van der Waals surface area contributed by atoms with E-state index < -0.39 is 11.6 Å². The first-order valence-electron chi connectivity index (χ1n) is 8.19. The van der Waals surface area contributed by atoms with Crippen LogP contribution in [0.25, 0.3) is 28.2 Å². The highest BCUT2D eigenvalue weighted by molar-refractivity contribution is 5.81. The van der Waals surface area contributed by atoms with Gasteiger partial charge in [0.25, 0.3) is 0 Å². The lowest BCUT2D eigenvalue weighted by atomic mass is 10.0. The van der Waals surface area contributed by atoms with Crippen LogP contribution in [0.4, 0.5) is 8.78 Å². The van der Waals surface area contributed by atoms with E-state index in [0.717, 1.165) is 17.6 Å². The van der Waals surface area contributed by atoms with Crippen LogP contribution in [0.15, 0.2) is 30.3 Å². The van der Waals surface area contributed by atoms with Crippen LogP contribution in [0.5, 0.6) is 0 Å². The molecule has 0 aliphatic carbocycles. The van der Waals surface area contributed by atoms with Crippen molar-refractivity contribution in [1.29, 1.82) is 0 Å². The predicted molar refractivity (Wildman–Crippen MR) is 92.5 cm³/mol. The van der Waals surface area contributed by atoms with Crippen LogP contribution in [0.3, 0.4) is 0 Å². The molecule has 0 saturated carbocycles. The topological polar surface area (TPSA) is 71.8 Å². The molecule has 6 nitrogen and oxygen atoms in total. The van der Waals surface area contributed by atoms with E-state index in [1.165, 1.54) is 12.1 Å². The molecule has 0 aliphatic rings. The molecule has 0 spiro atoms. The largest absolute Gasteiger partial charge is 0.282 e. The smallest absolute Gasteiger partial charge is 0.177 e. The maximum Gasteiger partial charge on any atom is 0.177 e. The van der Waals surface area contributed by atoms with Gasteiger partial charge in [-0.3, -0.25) is 5.10 Å². The molecule has 0 saturated heterocycles. The summed E-state index contributed by atoms with van der Waals surface area (Å²) in [5.41, 5.74) is 3.21. The summed E-state index contributed by atoms with van der Waals surface area (Å²) in [7, 11) is 0. The summed E-state index contributed by atoms with van der Waals surface area (Å²) in [6, 6.07) is 7.02. The summed E-state index contributed by atoms with van der Waals surface area (Å²) in [6.07, 6.45) is 0. The number of hydrogen-bond donors (Lipinski definition) is 1. The molecule has 3 aromatic heterocycles. The Labute approximate surface area is 147 Å². The zero-order valence-corrected chi connectivity index (χ0v) is 14.5. The Morgan fingerprint density at radius 2 is 1.88 bits per heavy atom. The van der Waals surface area contributed by atoms with E-state index in [9.17, 15) is 8.78 Å². The van der Waals surface area contributed by atoms with Gasteiger partial charge in [0.2, 0.25) is 0 Å². The molecule has 0 radical (unpaired) electrons. The van der Waals surface area contributed by atoms with Crippen LogP contribution in [0.2, 0.25) is 0 Å². The number of benzene rings is 1. The van der Waals surface area contributed by atoms with Crippen molar-refractivity contribution in [3.05, 3.63) is 53.5 Å². The lowest BCUT2D eigenvalue weighted by Crippen LogP contribution is -2.02. The Hall–Kier alpha value is -3.16. The van der Waals surface area contributed by atoms with Crippen LogP contribution < -0.4 is 0 Å². The molecule has 0 bridgehead atoms. The normalized spacial score (nSPS) is 11.6. The number of aromatic amines is 1. The van der Waals surface area contributed by atoms with E-state index in [0.29, 0.717) is 22.6 Å². The Kier molecular flexibility index (Phi) is 3.75. The average molecular weight is 354 g/mol. The minimum absolute atomic E-state index is 0.146. The van der Waals surface area contributed by atoms with Gasteiger partial charge < -0.3 is 0 Å². The van der Waals surface area contributed by atoms with E-state index in [2.05, 4.69) is 25.5 Å². The Balaban J connectivity index is 1.93. The SMILES string of the molecule is Cc1[nH]nc(-c2ccc(F)cc2F)c1-c1ccc2nnc(C(C)C)n2n1. The average Bonchev–Trinajstić information content (AvgIpc) is 3.18. The van der Waals surface area contributed by atoms with Gasteiger partial charge in [0.1, 0.15) is 17.3 Å². The molecule has 1 N–H and O–H groups in total. The lowest BCUT2D eigenvalue weighted by molar-refractivity contribution is 0.585. The second-order valence-corrected chi connectivity index (χ2v) is 6.40. The number of rotatable bonds is 3. The number of aryl methyl sites for hydroxylation is 1. The van der Waals surface area contributed by atoms with Gasteiger partial charge in [-0.25, -0.2) is 8.78 Å². The van der Waals surface area contributed by atoms with Crippen molar-refractivity contribution in [1.82, 2.24) is 30.0 Å². The van der Waals surface area contributed by atoms with Gasteiger partial charge in [-0.2, -0.15) is 14.7 Å². The van der Waals surface area contributed by atoms with Crippen molar-refractivity contribution in [2.75, 3.05) is 0 Å². The maximum absolute atomic E-state index is 14.3. The lowest BCUT2D eigenvalue weighted by Gasteiger charge is -2.07. The maximum atomic E-state index is 14.3. The summed E-state index contributed by atoms with van der Waals surface area (Å²) < 4.78 is 29.2. The fourth-order valence-corrected chi connectivity index (χ4v) is 2.92. The molecule has 1 aromatic carbocycles. The van der Waals surface area contributed by atoms with Crippen LogP contribution in [0, 0.1) is 18.6 Å². The zero-order chi connectivity index (χ0) is 18.4. The summed E-state index contributed by atoms with van der Waals surface area (Å²) in [5.74, 6) is -0.429. The van der Waals surface area contributed by atoms with E-state index in [4.69, 9.17) is 0 Å². The minimum Gasteiger partial charge on any atom is -0.282 e. The van der Waals surface area contributed by atoms with Crippen LogP contribution >= 0.6 is 0 Å². The second kappa shape index (κ2) is 5.98. The number of nitrogens with one attached hydrogen (secondary N) is 1. The third-order valence-electron chi connectivity index (χ3n) is 4.19.